The van der Waals surface area contributed by atoms with E-state index >= 15 is 0 Å². The van der Waals surface area contributed by atoms with Crippen LogP contribution in [-0.2, 0) is 29.9 Å². The molecule has 7 rings (SSSR count). The Morgan fingerprint density at radius 1 is 0.681 bits per heavy atom. The molecule has 0 amide bonds. The third-order valence-corrected chi connectivity index (χ3v) is 8.78. The molecule has 4 heterocycles. The first-order valence-corrected chi connectivity index (χ1v) is 15.1. The van der Waals surface area contributed by atoms with Crippen LogP contribution in [0.1, 0.15) is 31.4 Å². The van der Waals surface area contributed by atoms with Crippen LogP contribution in [0, 0.1) is 0 Å². The number of hydrazone groups is 2. The van der Waals surface area contributed by atoms with E-state index in [1.165, 1.54) is 31.8 Å². The molecule has 3 aliphatic rings. The Balaban J connectivity index is 1.60. The van der Waals surface area contributed by atoms with Gasteiger partial charge in [0.25, 0.3) is 11.1 Å². The highest BCUT2D eigenvalue weighted by molar-refractivity contribution is 6.58. The van der Waals surface area contributed by atoms with Crippen molar-refractivity contribution in [3.8, 4) is 11.4 Å². The number of carbonyl (C=O) groups excluding carboxylic acids is 2. The first-order chi connectivity index (χ1) is 22.7. The van der Waals surface area contributed by atoms with Gasteiger partial charge in [-0.3, -0.25) is 29.2 Å². The van der Waals surface area contributed by atoms with Crippen molar-refractivity contribution in [2.45, 2.75) is 31.1 Å². The predicted octanol–water partition coefficient (Wildman–Crippen LogP) is 2.10. The number of benzene rings is 2. The van der Waals surface area contributed by atoms with Crippen molar-refractivity contribution >= 4 is 34.7 Å². The first-order valence-electron chi connectivity index (χ1n) is 15.1. The molecule has 14 heteroatoms. The fourth-order valence-electron chi connectivity index (χ4n) is 6.80. The van der Waals surface area contributed by atoms with E-state index in [-0.39, 0.29) is 47.1 Å². The Labute approximate surface area is 268 Å². The van der Waals surface area contributed by atoms with Gasteiger partial charge in [0.15, 0.2) is 0 Å². The Hall–Kier alpha value is -5.92. The molecule has 2 aliphatic heterocycles. The van der Waals surface area contributed by atoms with Crippen LogP contribution in [-0.4, -0.2) is 70.2 Å². The number of para-hydroxylation sites is 2. The van der Waals surface area contributed by atoms with Crippen LogP contribution in [0.2, 0.25) is 0 Å². The molecule has 4 aromatic rings. The summed E-state index contributed by atoms with van der Waals surface area (Å²) in [5, 5.41) is 21.1. The van der Waals surface area contributed by atoms with Gasteiger partial charge in [-0.1, -0.05) is 36.4 Å². The van der Waals surface area contributed by atoms with Gasteiger partial charge in [-0.25, -0.2) is 0 Å². The van der Waals surface area contributed by atoms with E-state index in [2.05, 4.69) is 10.2 Å². The van der Waals surface area contributed by atoms with E-state index in [0.717, 1.165) is 0 Å². The number of aromatic nitrogens is 4. The van der Waals surface area contributed by atoms with Crippen molar-refractivity contribution in [3.63, 3.8) is 0 Å². The summed E-state index contributed by atoms with van der Waals surface area (Å²) in [5.74, 6) is -1.64. The van der Waals surface area contributed by atoms with Gasteiger partial charge >= 0.3 is 11.9 Å². The summed E-state index contributed by atoms with van der Waals surface area (Å²) < 4.78 is 13.7. The quantitative estimate of drug-likeness (QED) is 0.288. The van der Waals surface area contributed by atoms with Crippen LogP contribution >= 0.6 is 0 Å². The number of anilines is 2. The molecule has 0 radical (unpaired) electrons. The molecule has 2 atom stereocenters. The van der Waals surface area contributed by atoms with E-state index in [1.54, 1.807) is 88.6 Å². The summed E-state index contributed by atoms with van der Waals surface area (Å²) in [5.41, 5.74) is -3.82. The molecule has 1 aliphatic carbocycles. The monoisotopic (exact) mass is 634 g/mol. The average Bonchev–Trinajstić information content (AvgIpc) is 3.38. The summed E-state index contributed by atoms with van der Waals surface area (Å²) >= 11 is 0. The van der Waals surface area contributed by atoms with E-state index in [4.69, 9.17) is 19.7 Å². The molecule has 1 fully saturated rings. The lowest BCUT2D eigenvalue weighted by atomic mass is 9.71. The molecule has 47 heavy (non-hydrogen) atoms. The lowest BCUT2D eigenvalue weighted by molar-refractivity contribution is -0.150. The Morgan fingerprint density at radius 3 is 1.43 bits per heavy atom. The Morgan fingerprint density at radius 2 is 1.06 bits per heavy atom. The molecular weight excluding hydrogens is 604 g/mol. The molecule has 238 valence electrons. The average molecular weight is 635 g/mol. The number of fused-ring (bicyclic) bond motifs is 7. The molecule has 1 saturated carbocycles. The van der Waals surface area contributed by atoms with Crippen LogP contribution in [0.15, 0.2) is 92.8 Å². The topological polar surface area (TPSA) is 154 Å². The molecule has 0 bridgehead atoms. The van der Waals surface area contributed by atoms with Gasteiger partial charge in [0.1, 0.15) is 22.3 Å². The van der Waals surface area contributed by atoms with Crippen LogP contribution in [0.25, 0.3) is 11.4 Å². The second kappa shape index (κ2) is 10.9. The minimum atomic E-state index is -1.98. The van der Waals surface area contributed by atoms with Crippen molar-refractivity contribution in [3.05, 3.63) is 105 Å². The summed E-state index contributed by atoms with van der Waals surface area (Å²) in [6.07, 6.45) is 2.44. The highest BCUT2D eigenvalue weighted by Crippen LogP contribution is 2.55. The first kappa shape index (κ1) is 29.8. The van der Waals surface area contributed by atoms with Gasteiger partial charge in [-0.15, -0.1) is 0 Å². The standard InChI is InChI=1S/C33H30N8O6/c1-5-46-30(44)32-19-33(31(45)47-6-2)25-23(18-35-41(29(25)43)21-15-11-8-12-16-21)39(4)37-27(33)26(32)36-38(3)22-17-34-40(28(42)24(22)32)20-13-9-7-10-14-20/h7-18H,5-6,19H2,1-4H3/t32-,33+. The molecule has 0 N–H and O–H groups in total. The van der Waals surface area contributed by atoms with Gasteiger partial charge in [-0.2, -0.15) is 29.8 Å². The minimum absolute atomic E-state index is 0.00175. The maximum atomic E-state index is 14.6. The van der Waals surface area contributed by atoms with Crippen LogP contribution in [0.5, 0.6) is 0 Å². The number of carbonyl (C=O) groups is 2. The third-order valence-electron chi connectivity index (χ3n) is 8.78. The maximum Gasteiger partial charge on any atom is 0.323 e. The van der Waals surface area contributed by atoms with E-state index < -0.39 is 40.3 Å². The molecule has 14 nitrogen and oxygen atoms in total. The summed E-state index contributed by atoms with van der Waals surface area (Å²) in [7, 11) is 3.21. The summed E-state index contributed by atoms with van der Waals surface area (Å²) in [6.45, 7) is 3.22. The van der Waals surface area contributed by atoms with Crippen molar-refractivity contribution in [1.82, 2.24) is 19.6 Å². The fourth-order valence-corrected chi connectivity index (χ4v) is 6.80. The SMILES string of the molecule is CCOC(=O)[C@@]12C[C@@]3(C(=O)OCC)C(=NN(C)c4cnn(-c5ccccc5)c(=O)c43)C1=NN(C)c1cnn(-c3ccccc3)c(=O)c12. The smallest absolute Gasteiger partial charge is 0.323 e. The number of esters is 2. The molecule has 0 unspecified atom stereocenters. The largest absolute Gasteiger partial charge is 0.465 e. The van der Waals surface area contributed by atoms with Crippen LogP contribution in [0.3, 0.4) is 0 Å². The molecular formula is C33H30N8O6. The number of nitrogens with zero attached hydrogens (tertiary/aromatic N) is 8. The van der Waals surface area contributed by atoms with Gasteiger partial charge in [0.05, 0.1) is 59.5 Å². The predicted molar refractivity (Wildman–Crippen MR) is 173 cm³/mol. The van der Waals surface area contributed by atoms with Gasteiger partial charge in [0.2, 0.25) is 0 Å². The molecule has 0 spiro atoms. The molecule has 2 aromatic carbocycles. The number of hydrogen-bond donors (Lipinski definition) is 0. The van der Waals surface area contributed by atoms with Gasteiger partial charge in [-0.05, 0) is 44.5 Å². The second-order valence-corrected chi connectivity index (χ2v) is 11.3. The van der Waals surface area contributed by atoms with Crippen molar-refractivity contribution in [1.29, 1.82) is 0 Å². The van der Waals surface area contributed by atoms with Crippen LogP contribution in [0.4, 0.5) is 11.4 Å². The zero-order chi connectivity index (χ0) is 33.1. The zero-order valence-corrected chi connectivity index (χ0v) is 26.1. The second-order valence-electron chi connectivity index (χ2n) is 11.3. The Kier molecular flexibility index (Phi) is 6.88. The molecule has 0 saturated heterocycles. The fraction of sp³-hybridized carbons (Fsp3) is 0.273. The Bertz CT molecular complexity index is 1980. The molecule has 2 aromatic heterocycles. The zero-order valence-electron chi connectivity index (χ0n) is 26.1. The van der Waals surface area contributed by atoms with E-state index in [1.807, 2.05) is 0 Å². The van der Waals surface area contributed by atoms with Crippen molar-refractivity contribution < 1.29 is 19.1 Å². The third kappa shape index (κ3) is 4.03. The highest BCUT2D eigenvalue weighted by Gasteiger charge is 2.72. The highest BCUT2D eigenvalue weighted by atomic mass is 16.5. The van der Waals surface area contributed by atoms with Crippen molar-refractivity contribution in [2.75, 3.05) is 37.3 Å². The lowest BCUT2D eigenvalue weighted by Crippen LogP contribution is -2.52. The van der Waals surface area contributed by atoms with Gasteiger partial charge in [0, 0.05) is 14.1 Å². The van der Waals surface area contributed by atoms with Crippen molar-refractivity contribution in [2.24, 2.45) is 10.2 Å². The van der Waals surface area contributed by atoms with Crippen LogP contribution < -0.4 is 21.1 Å². The van der Waals surface area contributed by atoms with E-state index in [9.17, 15) is 19.2 Å². The minimum Gasteiger partial charge on any atom is -0.465 e. The normalized spacial score (nSPS) is 20.7. The summed E-state index contributed by atoms with van der Waals surface area (Å²) in [6, 6.07) is 17.5. The number of rotatable bonds is 6. The number of hydrogen-bond acceptors (Lipinski definition) is 12. The summed E-state index contributed by atoms with van der Waals surface area (Å²) in [4.78, 5) is 58.2. The number of ether oxygens (including phenoxy) is 2. The maximum absolute atomic E-state index is 14.6. The van der Waals surface area contributed by atoms with Gasteiger partial charge < -0.3 is 9.47 Å². The lowest BCUT2D eigenvalue weighted by Gasteiger charge is -2.35. The van der Waals surface area contributed by atoms with E-state index in [0.29, 0.717) is 11.4 Å².